The number of rotatable bonds is 3. The molecule has 0 aromatic heterocycles. The summed E-state index contributed by atoms with van der Waals surface area (Å²) in [4.78, 5) is 6.50. The lowest BCUT2D eigenvalue weighted by Crippen LogP contribution is -2.52. The van der Waals surface area contributed by atoms with Crippen LogP contribution in [0.2, 0.25) is 5.02 Å². The van der Waals surface area contributed by atoms with Crippen LogP contribution < -0.4 is 5.73 Å². The van der Waals surface area contributed by atoms with E-state index in [1.54, 1.807) is 13.2 Å². The van der Waals surface area contributed by atoms with Crippen molar-refractivity contribution in [3.05, 3.63) is 46.1 Å². The third-order valence-corrected chi connectivity index (χ3v) is 5.54. The van der Waals surface area contributed by atoms with Gasteiger partial charge in [-0.3, -0.25) is 9.89 Å². The topological polar surface area (TPSA) is 50.8 Å². The van der Waals surface area contributed by atoms with E-state index < -0.39 is 0 Å². The van der Waals surface area contributed by atoms with Crippen molar-refractivity contribution in [2.45, 2.75) is 25.4 Å². The number of ether oxygens (including phenoxy) is 1. The second kappa shape index (κ2) is 7.26. The number of hydrogen-bond acceptors (Lipinski definition) is 4. The van der Waals surface area contributed by atoms with Crippen molar-refractivity contribution in [3.8, 4) is 0 Å². The first kappa shape index (κ1) is 17.5. The maximum absolute atomic E-state index is 6.38. The fourth-order valence-corrected chi connectivity index (χ4v) is 4.27. The van der Waals surface area contributed by atoms with Crippen molar-refractivity contribution in [2.24, 2.45) is 16.6 Å². The molecule has 1 aromatic carbocycles. The molecule has 24 heavy (non-hydrogen) atoms. The summed E-state index contributed by atoms with van der Waals surface area (Å²) in [5.74, 6) is 0.390. The normalized spacial score (nSPS) is 28.5. The Hall–Kier alpha value is -1.36. The Kier molecular flexibility index (Phi) is 5.28. The summed E-state index contributed by atoms with van der Waals surface area (Å²) in [5, 5.41) is 0.792. The second-order valence-electron chi connectivity index (χ2n) is 6.80. The molecule has 0 saturated carbocycles. The average molecular weight is 348 g/mol. The lowest BCUT2D eigenvalue weighted by Gasteiger charge is -2.49. The minimum atomic E-state index is -0.208. The quantitative estimate of drug-likeness (QED) is 0.855. The van der Waals surface area contributed by atoms with Gasteiger partial charge in [-0.25, -0.2) is 0 Å². The standard InChI is InChI=1S/C19H26ClN3O/c1-14-12-23(13-15(10-21)11-22-2)7-6-19(14)18-9-17(20)4-3-16(18)5-8-24-19/h3-4,9-11,14H,5-8,12-13,21H2,1-2H3. The Labute approximate surface area is 149 Å². The summed E-state index contributed by atoms with van der Waals surface area (Å²) in [7, 11) is 1.77. The molecular weight excluding hydrogens is 322 g/mol. The van der Waals surface area contributed by atoms with Gasteiger partial charge in [0.05, 0.1) is 12.2 Å². The zero-order valence-electron chi connectivity index (χ0n) is 14.5. The molecule has 2 aliphatic heterocycles. The molecule has 0 radical (unpaired) electrons. The second-order valence-corrected chi connectivity index (χ2v) is 7.24. The lowest BCUT2D eigenvalue weighted by atomic mass is 9.73. The van der Waals surface area contributed by atoms with Crippen molar-refractivity contribution < 1.29 is 4.74 Å². The van der Waals surface area contributed by atoms with Crippen molar-refractivity contribution in [1.29, 1.82) is 0 Å². The van der Waals surface area contributed by atoms with Crippen LogP contribution in [0.25, 0.3) is 0 Å². The van der Waals surface area contributed by atoms with E-state index in [-0.39, 0.29) is 5.60 Å². The van der Waals surface area contributed by atoms with E-state index in [0.29, 0.717) is 5.92 Å². The summed E-state index contributed by atoms with van der Waals surface area (Å²) in [6, 6.07) is 6.26. The summed E-state index contributed by atoms with van der Waals surface area (Å²) in [6.07, 6.45) is 5.43. The molecule has 2 atom stereocenters. The maximum Gasteiger partial charge on any atom is 0.0984 e. The van der Waals surface area contributed by atoms with E-state index in [2.05, 4.69) is 28.9 Å². The van der Waals surface area contributed by atoms with E-state index in [9.17, 15) is 0 Å². The van der Waals surface area contributed by atoms with Gasteiger partial charge in [0.25, 0.3) is 0 Å². The minimum absolute atomic E-state index is 0.208. The van der Waals surface area contributed by atoms with Gasteiger partial charge >= 0.3 is 0 Å². The van der Waals surface area contributed by atoms with Crippen LogP contribution in [-0.4, -0.2) is 44.4 Å². The number of benzene rings is 1. The Morgan fingerprint density at radius 3 is 3.08 bits per heavy atom. The van der Waals surface area contributed by atoms with Crippen LogP contribution in [-0.2, 0) is 16.8 Å². The Bertz CT molecular complexity index is 658. The van der Waals surface area contributed by atoms with Gasteiger partial charge in [0.15, 0.2) is 0 Å². The highest BCUT2D eigenvalue weighted by Gasteiger charge is 2.45. The monoisotopic (exact) mass is 347 g/mol. The van der Waals surface area contributed by atoms with E-state index in [0.717, 1.165) is 49.7 Å². The summed E-state index contributed by atoms with van der Waals surface area (Å²) >= 11 is 6.28. The van der Waals surface area contributed by atoms with Gasteiger partial charge in [-0.15, -0.1) is 0 Å². The number of fused-ring (bicyclic) bond motifs is 2. The van der Waals surface area contributed by atoms with E-state index >= 15 is 0 Å². The van der Waals surface area contributed by atoms with E-state index in [1.807, 2.05) is 12.3 Å². The molecule has 1 fully saturated rings. The fraction of sp³-hybridized carbons (Fsp3) is 0.526. The number of hydrogen-bond donors (Lipinski definition) is 1. The molecule has 2 aliphatic rings. The molecule has 2 heterocycles. The Balaban J connectivity index is 1.81. The van der Waals surface area contributed by atoms with Gasteiger partial charge in [-0.1, -0.05) is 24.6 Å². The third-order valence-electron chi connectivity index (χ3n) is 5.30. The van der Waals surface area contributed by atoms with Crippen molar-refractivity contribution in [3.63, 3.8) is 0 Å². The van der Waals surface area contributed by atoms with Crippen LogP contribution in [0, 0.1) is 5.92 Å². The van der Waals surface area contributed by atoms with Crippen LogP contribution in [0.3, 0.4) is 0 Å². The summed E-state index contributed by atoms with van der Waals surface area (Å²) < 4.78 is 6.38. The first-order valence-electron chi connectivity index (χ1n) is 8.57. The van der Waals surface area contributed by atoms with Crippen LogP contribution in [0.1, 0.15) is 24.5 Å². The summed E-state index contributed by atoms with van der Waals surface area (Å²) in [6.45, 7) is 5.85. The first-order valence-corrected chi connectivity index (χ1v) is 8.95. The van der Waals surface area contributed by atoms with Crippen molar-refractivity contribution in [1.82, 2.24) is 4.90 Å². The molecule has 0 bridgehead atoms. The Morgan fingerprint density at radius 2 is 2.38 bits per heavy atom. The number of piperidine rings is 1. The number of likely N-dealkylation sites (tertiary alicyclic amines) is 1. The molecule has 0 amide bonds. The average Bonchev–Trinajstić information content (AvgIpc) is 2.58. The van der Waals surface area contributed by atoms with Crippen LogP contribution in [0.15, 0.2) is 35.0 Å². The number of halogens is 1. The molecule has 1 spiro atoms. The smallest absolute Gasteiger partial charge is 0.0984 e. The van der Waals surface area contributed by atoms with Crippen molar-refractivity contribution in [2.75, 3.05) is 33.3 Å². The fourth-order valence-electron chi connectivity index (χ4n) is 4.10. The molecule has 0 aliphatic carbocycles. The highest BCUT2D eigenvalue weighted by atomic mass is 35.5. The molecule has 1 saturated heterocycles. The predicted octanol–water partition coefficient (Wildman–Crippen LogP) is 2.99. The van der Waals surface area contributed by atoms with Gasteiger partial charge in [0.2, 0.25) is 0 Å². The minimum Gasteiger partial charge on any atom is -0.404 e. The van der Waals surface area contributed by atoms with Crippen LogP contribution in [0.4, 0.5) is 0 Å². The highest BCUT2D eigenvalue weighted by molar-refractivity contribution is 6.30. The van der Waals surface area contributed by atoms with Gasteiger partial charge in [-0.05, 0) is 47.9 Å². The zero-order valence-corrected chi connectivity index (χ0v) is 15.2. The van der Waals surface area contributed by atoms with Gasteiger partial charge in [0, 0.05) is 43.8 Å². The van der Waals surface area contributed by atoms with Gasteiger partial charge in [-0.2, -0.15) is 0 Å². The largest absolute Gasteiger partial charge is 0.404 e. The van der Waals surface area contributed by atoms with E-state index in [1.165, 1.54) is 11.1 Å². The van der Waals surface area contributed by atoms with Crippen LogP contribution in [0.5, 0.6) is 0 Å². The number of nitrogens with zero attached hydrogens (tertiary/aromatic N) is 2. The molecule has 4 nitrogen and oxygen atoms in total. The molecular formula is C19H26ClN3O. The predicted molar refractivity (Wildman–Crippen MR) is 99.7 cm³/mol. The third kappa shape index (κ3) is 3.23. The first-order chi connectivity index (χ1) is 11.6. The lowest BCUT2D eigenvalue weighted by molar-refractivity contribution is -0.131. The number of aliphatic imine (C=N–C) groups is 1. The highest BCUT2D eigenvalue weighted by Crippen LogP contribution is 2.45. The van der Waals surface area contributed by atoms with Crippen LogP contribution >= 0.6 is 11.6 Å². The molecule has 2 unspecified atom stereocenters. The molecule has 5 heteroatoms. The van der Waals surface area contributed by atoms with Crippen molar-refractivity contribution >= 4 is 17.8 Å². The zero-order chi connectivity index (χ0) is 17.2. The van der Waals surface area contributed by atoms with E-state index in [4.69, 9.17) is 22.1 Å². The molecule has 2 N–H and O–H groups in total. The Morgan fingerprint density at radius 1 is 1.54 bits per heavy atom. The summed E-state index contributed by atoms with van der Waals surface area (Å²) in [5.41, 5.74) is 9.22. The number of nitrogens with two attached hydrogens (primary N) is 1. The SMILES string of the molecule is CN=CC(=CN)CN1CCC2(OCCc3ccc(Cl)cc32)C(C)C1. The molecule has 130 valence electrons. The molecule has 3 rings (SSSR count). The van der Waals surface area contributed by atoms with Gasteiger partial charge in [0.1, 0.15) is 0 Å². The van der Waals surface area contributed by atoms with Gasteiger partial charge < -0.3 is 10.5 Å². The maximum atomic E-state index is 6.38. The molecule has 1 aromatic rings.